The summed E-state index contributed by atoms with van der Waals surface area (Å²) < 4.78 is 77.9. The number of nitrogens with zero attached hydrogens (tertiary/aromatic N) is 2. The Balaban J connectivity index is 2.69. The minimum absolute atomic E-state index is 0.168. The number of hydrogen-bond acceptors (Lipinski definition) is 2. The van der Waals surface area contributed by atoms with E-state index >= 15 is 0 Å². The highest BCUT2D eigenvalue weighted by atomic mass is 19.4. The lowest BCUT2D eigenvalue weighted by Gasteiger charge is -2.12. The number of carboxylic acid groups (broad SMARTS) is 1. The van der Waals surface area contributed by atoms with Gasteiger partial charge in [0.1, 0.15) is 17.1 Å². The molecule has 0 atom stereocenters. The first kappa shape index (κ1) is 15.9. The van der Waals surface area contributed by atoms with Crippen molar-refractivity contribution < 1.29 is 36.2 Å². The predicted molar refractivity (Wildman–Crippen MR) is 60.2 cm³/mol. The van der Waals surface area contributed by atoms with E-state index in [2.05, 4.69) is 5.10 Å². The third-order valence-electron chi connectivity index (χ3n) is 2.66. The lowest BCUT2D eigenvalue weighted by Crippen LogP contribution is -2.19. The van der Waals surface area contributed by atoms with Crippen LogP contribution in [0.3, 0.4) is 0 Å². The molecule has 0 aliphatic heterocycles. The van der Waals surface area contributed by atoms with Gasteiger partial charge in [-0.3, -0.25) is 0 Å². The molecule has 2 aromatic rings. The number of benzene rings is 1. The van der Waals surface area contributed by atoms with E-state index in [0.717, 1.165) is 0 Å². The number of alkyl halides is 3. The summed E-state index contributed by atoms with van der Waals surface area (Å²) in [4.78, 5) is 10.9. The fraction of sp³-hybridized carbons (Fsp3) is 0.167. The third-order valence-corrected chi connectivity index (χ3v) is 2.66. The molecule has 0 amide bonds. The van der Waals surface area contributed by atoms with E-state index in [9.17, 15) is 31.1 Å². The van der Waals surface area contributed by atoms with E-state index in [1.807, 2.05) is 0 Å². The summed E-state index contributed by atoms with van der Waals surface area (Å²) >= 11 is 0. The molecule has 1 aromatic carbocycles. The van der Waals surface area contributed by atoms with Gasteiger partial charge in [-0.15, -0.1) is 0 Å². The van der Waals surface area contributed by atoms with Crippen molar-refractivity contribution in [2.24, 2.45) is 0 Å². The Morgan fingerprint density at radius 3 is 2.18 bits per heavy atom. The van der Waals surface area contributed by atoms with E-state index in [4.69, 9.17) is 5.11 Å². The lowest BCUT2D eigenvalue weighted by atomic mass is 10.1. The van der Waals surface area contributed by atoms with Gasteiger partial charge >= 0.3 is 12.1 Å². The van der Waals surface area contributed by atoms with Crippen LogP contribution in [0.5, 0.6) is 0 Å². The van der Waals surface area contributed by atoms with Crippen molar-refractivity contribution >= 4 is 5.97 Å². The second-order valence-electron chi connectivity index (χ2n) is 4.23. The Morgan fingerprint density at radius 2 is 1.73 bits per heavy atom. The zero-order chi connectivity index (χ0) is 16.7. The van der Waals surface area contributed by atoms with Gasteiger partial charge in [0, 0.05) is 12.1 Å². The Labute approximate surface area is 118 Å². The maximum Gasteiger partial charge on any atom is 0.394 e. The molecule has 0 fully saturated rings. The van der Waals surface area contributed by atoms with Crippen LogP contribution in [0, 0.1) is 17.5 Å². The molecule has 0 unspecified atom stereocenters. The van der Waals surface area contributed by atoms with Crippen molar-refractivity contribution in [2.75, 3.05) is 0 Å². The standard InChI is InChI=1S/C12H6F6N2O2/c13-5-1-7(14)10(8(15)2-5)20-9(3-12(16,17)18)6(4-19-20)11(21)22/h1-2,4H,3H2,(H,21,22). The van der Waals surface area contributed by atoms with Gasteiger partial charge in [-0.25, -0.2) is 22.6 Å². The Bertz CT molecular complexity index is 715. The van der Waals surface area contributed by atoms with Crippen LogP contribution in [0.1, 0.15) is 16.1 Å². The summed E-state index contributed by atoms with van der Waals surface area (Å²) in [6, 6.07) is 0.496. The molecular formula is C12H6F6N2O2. The number of hydrogen-bond donors (Lipinski definition) is 1. The van der Waals surface area contributed by atoms with Gasteiger partial charge in [0.2, 0.25) is 0 Å². The van der Waals surface area contributed by atoms with E-state index in [1.165, 1.54) is 0 Å². The first-order chi connectivity index (χ1) is 10.1. The molecule has 0 aliphatic rings. The third kappa shape index (κ3) is 3.05. The van der Waals surface area contributed by atoms with Crippen molar-refractivity contribution in [2.45, 2.75) is 12.6 Å². The highest BCUT2D eigenvalue weighted by Crippen LogP contribution is 2.27. The van der Waals surface area contributed by atoms with E-state index in [0.29, 0.717) is 6.20 Å². The molecule has 4 nitrogen and oxygen atoms in total. The second-order valence-corrected chi connectivity index (χ2v) is 4.23. The van der Waals surface area contributed by atoms with Crippen LogP contribution in [0.25, 0.3) is 5.69 Å². The first-order valence-electron chi connectivity index (χ1n) is 5.62. The largest absolute Gasteiger partial charge is 0.478 e. The van der Waals surface area contributed by atoms with Crippen LogP contribution in [-0.2, 0) is 6.42 Å². The van der Waals surface area contributed by atoms with Gasteiger partial charge in [-0.1, -0.05) is 0 Å². The van der Waals surface area contributed by atoms with E-state index in [1.54, 1.807) is 0 Å². The van der Waals surface area contributed by atoms with Crippen molar-refractivity contribution in [3.8, 4) is 5.69 Å². The first-order valence-corrected chi connectivity index (χ1v) is 5.62. The minimum atomic E-state index is -4.84. The molecule has 0 saturated carbocycles. The van der Waals surface area contributed by atoms with Crippen molar-refractivity contribution in [1.29, 1.82) is 0 Å². The van der Waals surface area contributed by atoms with Crippen LogP contribution < -0.4 is 0 Å². The minimum Gasteiger partial charge on any atom is -0.478 e. The molecular weight excluding hydrogens is 318 g/mol. The Hall–Kier alpha value is -2.52. The smallest absolute Gasteiger partial charge is 0.394 e. The van der Waals surface area contributed by atoms with Crippen LogP contribution in [0.4, 0.5) is 26.3 Å². The average molecular weight is 324 g/mol. The number of rotatable bonds is 3. The monoisotopic (exact) mass is 324 g/mol. The molecule has 0 aliphatic carbocycles. The SMILES string of the molecule is O=C(O)c1cnn(-c2c(F)cc(F)cc2F)c1CC(F)(F)F. The summed E-state index contributed by atoms with van der Waals surface area (Å²) in [5.74, 6) is -6.04. The molecule has 118 valence electrons. The second kappa shape index (κ2) is 5.35. The number of carboxylic acids is 1. The van der Waals surface area contributed by atoms with Crippen molar-refractivity contribution in [3.63, 3.8) is 0 Å². The number of carbonyl (C=O) groups is 1. The summed E-state index contributed by atoms with van der Waals surface area (Å²) in [5.41, 5.74) is -2.92. The normalized spacial score (nSPS) is 11.7. The van der Waals surface area contributed by atoms with Crippen molar-refractivity contribution in [1.82, 2.24) is 9.78 Å². The maximum absolute atomic E-state index is 13.7. The van der Waals surface area contributed by atoms with Crippen molar-refractivity contribution in [3.05, 3.63) is 47.0 Å². The zero-order valence-corrected chi connectivity index (χ0v) is 10.5. The molecule has 22 heavy (non-hydrogen) atoms. The summed E-state index contributed by atoms with van der Waals surface area (Å²) in [5, 5.41) is 12.1. The highest BCUT2D eigenvalue weighted by molar-refractivity contribution is 5.88. The van der Waals surface area contributed by atoms with Gasteiger partial charge in [-0.2, -0.15) is 18.3 Å². The average Bonchev–Trinajstić information content (AvgIpc) is 2.69. The molecule has 0 bridgehead atoms. The van der Waals surface area contributed by atoms with Gasteiger partial charge in [0.15, 0.2) is 11.6 Å². The van der Waals surface area contributed by atoms with Crippen LogP contribution in [0.2, 0.25) is 0 Å². The van der Waals surface area contributed by atoms with E-state index < -0.39 is 53.0 Å². The van der Waals surface area contributed by atoms with Gasteiger partial charge in [0.25, 0.3) is 0 Å². The Morgan fingerprint density at radius 1 is 1.18 bits per heavy atom. The molecule has 1 aromatic heterocycles. The zero-order valence-electron chi connectivity index (χ0n) is 10.5. The quantitative estimate of drug-likeness (QED) is 0.883. The lowest BCUT2D eigenvalue weighted by molar-refractivity contribution is -0.128. The molecule has 0 saturated heterocycles. The Kier molecular flexibility index (Phi) is 3.86. The summed E-state index contributed by atoms with van der Waals surface area (Å²) in [6.45, 7) is 0. The molecule has 2 rings (SSSR count). The highest BCUT2D eigenvalue weighted by Gasteiger charge is 2.34. The number of halogens is 6. The van der Waals surface area contributed by atoms with Crippen LogP contribution in [-0.4, -0.2) is 27.0 Å². The predicted octanol–water partition coefficient (Wildman–Crippen LogP) is 3.09. The van der Waals surface area contributed by atoms with Gasteiger partial charge in [0.05, 0.1) is 18.3 Å². The fourth-order valence-electron chi connectivity index (χ4n) is 1.84. The van der Waals surface area contributed by atoms with Crippen LogP contribution in [0.15, 0.2) is 18.3 Å². The topological polar surface area (TPSA) is 55.1 Å². The summed E-state index contributed by atoms with van der Waals surface area (Å²) in [6.07, 6.45) is -6.08. The maximum atomic E-state index is 13.7. The fourth-order valence-corrected chi connectivity index (χ4v) is 1.84. The molecule has 1 heterocycles. The molecule has 0 spiro atoms. The van der Waals surface area contributed by atoms with Gasteiger partial charge < -0.3 is 5.11 Å². The summed E-state index contributed by atoms with van der Waals surface area (Å²) in [7, 11) is 0. The number of aromatic carboxylic acids is 1. The number of aromatic nitrogens is 2. The van der Waals surface area contributed by atoms with Crippen LogP contribution >= 0.6 is 0 Å². The van der Waals surface area contributed by atoms with Gasteiger partial charge in [-0.05, 0) is 0 Å². The molecule has 0 radical (unpaired) electrons. The molecule has 1 N–H and O–H groups in total. The molecule has 10 heteroatoms. The van der Waals surface area contributed by atoms with E-state index in [-0.39, 0.29) is 16.8 Å².